The summed E-state index contributed by atoms with van der Waals surface area (Å²) in [5.74, 6) is 0.250. The number of nitrogens with one attached hydrogen (secondary N) is 1. The Bertz CT molecular complexity index is 456. The van der Waals surface area contributed by atoms with Gasteiger partial charge in [-0.15, -0.1) is 0 Å². The summed E-state index contributed by atoms with van der Waals surface area (Å²) in [6.45, 7) is 3.35. The molecule has 5 heteroatoms. The number of carbonyl (C=O) groups is 1. The molecule has 1 aromatic rings. The van der Waals surface area contributed by atoms with Crippen LogP contribution in [0.1, 0.15) is 13.8 Å². The number of carbonyl (C=O) groups excluding carboxylic acids is 1. The summed E-state index contributed by atoms with van der Waals surface area (Å²) in [5, 5.41) is 11.7. The molecule has 0 aliphatic heterocycles. The lowest BCUT2D eigenvalue weighted by Crippen LogP contribution is -2.52. The first-order valence-electron chi connectivity index (χ1n) is 5.94. The minimum absolute atomic E-state index is 0.118. The number of nitriles is 1. The van der Waals surface area contributed by atoms with Crippen LogP contribution in [0.25, 0.3) is 0 Å². The van der Waals surface area contributed by atoms with Crippen LogP contribution in [0.3, 0.4) is 0 Å². The molecular formula is C14H18N2O3. The Morgan fingerprint density at radius 2 is 2.11 bits per heavy atom. The summed E-state index contributed by atoms with van der Waals surface area (Å²) in [7, 11) is 1.48. The number of hydrogen-bond acceptors (Lipinski definition) is 4. The first-order chi connectivity index (χ1) is 9.00. The number of para-hydroxylation sites is 1. The molecule has 0 saturated heterocycles. The summed E-state index contributed by atoms with van der Waals surface area (Å²) < 4.78 is 10.4. The minimum Gasteiger partial charge on any atom is -0.481 e. The zero-order valence-electron chi connectivity index (χ0n) is 11.3. The van der Waals surface area contributed by atoms with Crippen LogP contribution in [0.4, 0.5) is 0 Å². The van der Waals surface area contributed by atoms with E-state index in [4.69, 9.17) is 14.7 Å². The van der Waals surface area contributed by atoms with Crippen LogP contribution in [0, 0.1) is 11.3 Å². The number of nitrogens with zero attached hydrogens (tertiary/aromatic N) is 1. The zero-order valence-corrected chi connectivity index (χ0v) is 11.3. The van der Waals surface area contributed by atoms with Crippen molar-refractivity contribution in [1.29, 1.82) is 5.26 Å². The van der Waals surface area contributed by atoms with Gasteiger partial charge in [0.2, 0.25) is 0 Å². The number of ether oxygens (including phenoxy) is 2. The maximum absolute atomic E-state index is 12.0. The van der Waals surface area contributed by atoms with Gasteiger partial charge in [-0.25, -0.2) is 0 Å². The van der Waals surface area contributed by atoms with Gasteiger partial charge in [0.15, 0.2) is 6.10 Å². The highest BCUT2D eigenvalue weighted by atomic mass is 16.5. The standard InChI is InChI=1S/C14H18N2O3/c1-11(19-12-7-5-4-6-8-12)13(17)16-14(2,9-15)10-18-3/h4-8,11H,10H2,1-3H3,(H,16,17)/t11-,14+/m1/s1. The molecule has 0 aliphatic carbocycles. The van der Waals surface area contributed by atoms with Crippen molar-refractivity contribution in [3.63, 3.8) is 0 Å². The van der Waals surface area contributed by atoms with E-state index in [1.807, 2.05) is 24.3 Å². The van der Waals surface area contributed by atoms with Crippen molar-refractivity contribution in [2.45, 2.75) is 25.5 Å². The molecule has 2 atom stereocenters. The average Bonchev–Trinajstić information content (AvgIpc) is 2.40. The van der Waals surface area contributed by atoms with Crippen molar-refractivity contribution in [3.05, 3.63) is 30.3 Å². The monoisotopic (exact) mass is 262 g/mol. The molecule has 0 radical (unpaired) electrons. The molecule has 1 N–H and O–H groups in total. The summed E-state index contributed by atoms with van der Waals surface area (Å²) in [6, 6.07) is 11.1. The molecular weight excluding hydrogens is 244 g/mol. The summed E-state index contributed by atoms with van der Waals surface area (Å²) in [4.78, 5) is 12.0. The molecule has 0 unspecified atom stereocenters. The van der Waals surface area contributed by atoms with Gasteiger partial charge >= 0.3 is 0 Å². The highest BCUT2D eigenvalue weighted by Crippen LogP contribution is 2.11. The molecule has 19 heavy (non-hydrogen) atoms. The molecule has 5 nitrogen and oxygen atoms in total. The van der Waals surface area contributed by atoms with Crippen molar-refractivity contribution >= 4 is 5.91 Å². The Kier molecular flexibility index (Phi) is 5.34. The van der Waals surface area contributed by atoms with Gasteiger partial charge in [-0.1, -0.05) is 18.2 Å². The largest absolute Gasteiger partial charge is 0.481 e. The van der Waals surface area contributed by atoms with Crippen LogP contribution in [-0.4, -0.2) is 31.3 Å². The third kappa shape index (κ3) is 4.60. The summed E-state index contributed by atoms with van der Waals surface area (Å²) >= 11 is 0. The Morgan fingerprint density at radius 1 is 1.47 bits per heavy atom. The first kappa shape index (κ1) is 15.0. The van der Waals surface area contributed by atoms with Crippen molar-refractivity contribution < 1.29 is 14.3 Å². The molecule has 1 amide bonds. The van der Waals surface area contributed by atoms with Crippen molar-refractivity contribution in [2.75, 3.05) is 13.7 Å². The highest BCUT2D eigenvalue weighted by Gasteiger charge is 2.28. The molecule has 0 heterocycles. The predicted molar refractivity (Wildman–Crippen MR) is 70.6 cm³/mol. The zero-order chi connectivity index (χ0) is 14.3. The van der Waals surface area contributed by atoms with Crippen LogP contribution in [0.5, 0.6) is 5.75 Å². The highest BCUT2D eigenvalue weighted by molar-refractivity contribution is 5.81. The van der Waals surface area contributed by atoms with Crippen LogP contribution < -0.4 is 10.1 Å². The molecule has 0 aromatic heterocycles. The lowest BCUT2D eigenvalue weighted by atomic mass is 10.1. The van der Waals surface area contributed by atoms with Gasteiger partial charge in [0.05, 0.1) is 12.7 Å². The Labute approximate surface area is 113 Å². The van der Waals surface area contributed by atoms with E-state index in [-0.39, 0.29) is 12.5 Å². The van der Waals surface area contributed by atoms with E-state index in [2.05, 4.69) is 5.32 Å². The number of hydrogen-bond donors (Lipinski definition) is 1. The smallest absolute Gasteiger partial charge is 0.262 e. The lowest BCUT2D eigenvalue weighted by Gasteiger charge is -2.24. The van der Waals surface area contributed by atoms with Crippen LogP contribution >= 0.6 is 0 Å². The van der Waals surface area contributed by atoms with Gasteiger partial charge in [-0.05, 0) is 26.0 Å². The fraction of sp³-hybridized carbons (Fsp3) is 0.429. The maximum Gasteiger partial charge on any atom is 0.262 e. The van der Waals surface area contributed by atoms with E-state index in [0.717, 1.165) is 0 Å². The predicted octanol–water partition coefficient (Wildman–Crippen LogP) is 1.50. The number of rotatable bonds is 6. The van der Waals surface area contributed by atoms with E-state index < -0.39 is 11.6 Å². The van der Waals surface area contributed by atoms with E-state index in [1.54, 1.807) is 26.0 Å². The van der Waals surface area contributed by atoms with E-state index in [0.29, 0.717) is 5.75 Å². The molecule has 0 spiro atoms. The molecule has 0 aliphatic rings. The minimum atomic E-state index is -1.06. The van der Waals surface area contributed by atoms with Gasteiger partial charge in [-0.3, -0.25) is 4.79 Å². The molecule has 0 saturated carbocycles. The normalized spacial score (nSPS) is 14.8. The number of benzene rings is 1. The van der Waals surface area contributed by atoms with E-state index >= 15 is 0 Å². The van der Waals surface area contributed by atoms with Gasteiger partial charge in [-0.2, -0.15) is 5.26 Å². The van der Waals surface area contributed by atoms with Crippen LogP contribution in [-0.2, 0) is 9.53 Å². The molecule has 1 rings (SSSR count). The number of amides is 1. The number of methoxy groups -OCH3 is 1. The van der Waals surface area contributed by atoms with Gasteiger partial charge in [0, 0.05) is 7.11 Å². The third-order valence-electron chi connectivity index (χ3n) is 2.50. The molecule has 1 aromatic carbocycles. The van der Waals surface area contributed by atoms with E-state index in [1.165, 1.54) is 7.11 Å². The second kappa shape index (κ2) is 6.76. The van der Waals surface area contributed by atoms with Crippen molar-refractivity contribution in [1.82, 2.24) is 5.32 Å². The van der Waals surface area contributed by atoms with Gasteiger partial charge in [0.25, 0.3) is 5.91 Å². The quantitative estimate of drug-likeness (QED) is 0.843. The van der Waals surface area contributed by atoms with Gasteiger partial charge < -0.3 is 14.8 Å². The Balaban J connectivity index is 2.60. The molecule has 0 fully saturated rings. The molecule has 102 valence electrons. The second-order valence-corrected chi connectivity index (χ2v) is 4.44. The van der Waals surface area contributed by atoms with Gasteiger partial charge in [0.1, 0.15) is 11.3 Å². The maximum atomic E-state index is 12.0. The van der Waals surface area contributed by atoms with Crippen LogP contribution in [0.15, 0.2) is 30.3 Å². The summed E-state index contributed by atoms with van der Waals surface area (Å²) in [6.07, 6.45) is -0.688. The second-order valence-electron chi connectivity index (χ2n) is 4.44. The van der Waals surface area contributed by atoms with Crippen LogP contribution in [0.2, 0.25) is 0 Å². The first-order valence-corrected chi connectivity index (χ1v) is 5.94. The Morgan fingerprint density at radius 3 is 2.63 bits per heavy atom. The topological polar surface area (TPSA) is 71.3 Å². The van der Waals surface area contributed by atoms with Crippen molar-refractivity contribution in [2.24, 2.45) is 0 Å². The van der Waals surface area contributed by atoms with Crippen molar-refractivity contribution in [3.8, 4) is 11.8 Å². The summed E-state index contributed by atoms with van der Waals surface area (Å²) in [5.41, 5.74) is -1.06. The fourth-order valence-corrected chi connectivity index (χ4v) is 1.52. The van der Waals surface area contributed by atoms with E-state index in [9.17, 15) is 4.79 Å². The third-order valence-corrected chi connectivity index (χ3v) is 2.50. The average molecular weight is 262 g/mol. The SMILES string of the molecule is COC[C@](C)(C#N)NC(=O)[C@@H](C)Oc1ccccc1. The molecule has 0 bridgehead atoms. The Hall–Kier alpha value is -2.06. The lowest BCUT2D eigenvalue weighted by molar-refractivity contribution is -0.129. The fourth-order valence-electron chi connectivity index (χ4n) is 1.52.